The van der Waals surface area contributed by atoms with Gasteiger partial charge in [-0.3, -0.25) is 4.79 Å². The Morgan fingerprint density at radius 2 is 1.31 bits per heavy atom. The number of benzene rings is 3. The quantitative estimate of drug-likeness (QED) is 0.368. The first-order chi connectivity index (χ1) is 14.9. The molecule has 164 valence electrons. The number of hydrogen-bond acceptors (Lipinski definition) is 2. The standard InChI is InChI=1S/C23H13F6NO2/c24-22(25,26)16-11-17(23(27,28)29)13-18(12-16)30-21(32)19-10-15(8-9-20(19)31)7-6-14-4-2-1-3-5-14/h1-5,8-13,31H,(H,30,32). The molecule has 1 amide bonds. The summed E-state index contributed by atoms with van der Waals surface area (Å²) in [6.07, 6.45) is -10.1. The van der Waals surface area contributed by atoms with E-state index < -0.39 is 40.8 Å². The maximum absolute atomic E-state index is 13.0. The van der Waals surface area contributed by atoms with Gasteiger partial charge in [-0.1, -0.05) is 30.0 Å². The van der Waals surface area contributed by atoms with E-state index >= 15 is 0 Å². The van der Waals surface area contributed by atoms with E-state index in [0.717, 1.165) is 6.07 Å². The number of anilines is 1. The van der Waals surface area contributed by atoms with E-state index in [0.29, 0.717) is 23.3 Å². The molecule has 0 saturated heterocycles. The van der Waals surface area contributed by atoms with Crippen LogP contribution >= 0.6 is 0 Å². The smallest absolute Gasteiger partial charge is 0.416 e. The lowest BCUT2D eigenvalue weighted by atomic mass is 10.1. The minimum atomic E-state index is -5.06. The first kappa shape index (κ1) is 22.7. The summed E-state index contributed by atoms with van der Waals surface area (Å²) in [4.78, 5) is 12.5. The van der Waals surface area contributed by atoms with Gasteiger partial charge in [0.15, 0.2) is 0 Å². The monoisotopic (exact) mass is 449 g/mol. The average molecular weight is 449 g/mol. The summed E-state index contributed by atoms with van der Waals surface area (Å²) in [5.74, 6) is 3.98. The Hall–Kier alpha value is -3.93. The van der Waals surface area contributed by atoms with Crippen LogP contribution in [0.25, 0.3) is 0 Å². The average Bonchev–Trinajstić information content (AvgIpc) is 2.72. The van der Waals surface area contributed by atoms with Crippen molar-refractivity contribution in [1.82, 2.24) is 0 Å². The van der Waals surface area contributed by atoms with Gasteiger partial charge in [0.2, 0.25) is 0 Å². The molecule has 0 aromatic heterocycles. The lowest BCUT2D eigenvalue weighted by molar-refractivity contribution is -0.143. The Kier molecular flexibility index (Phi) is 6.16. The largest absolute Gasteiger partial charge is 0.507 e. The number of aromatic hydroxyl groups is 1. The number of carbonyl (C=O) groups is 1. The number of halogens is 6. The zero-order chi connectivity index (χ0) is 23.5. The number of carbonyl (C=O) groups excluding carboxylic acids is 1. The summed E-state index contributed by atoms with van der Waals surface area (Å²) in [7, 11) is 0. The van der Waals surface area contributed by atoms with Gasteiger partial charge in [0, 0.05) is 16.8 Å². The summed E-state index contributed by atoms with van der Waals surface area (Å²) in [5, 5.41) is 11.9. The molecule has 0 bridgehead atoms. The molecule has 0 fully saturated rings. The molecule has 3 rings (SSSR count). The highest BCUT2D eigenvalue weighted by Crippen LogP contribution is 2.37. The number of rotatable bonds is 2. The SMILES string of the molecule is O=C(Nc1cc(C(F)(F)F)cc(C(F)(F)F)c1)c1cc(C#Cc2ccccc2)ccc1O. The van der Waals surface area contributed by atoms with Gasteiger partial charge < -0.3 is 10.4 Å². The minimum absolute atomic E-state index is 0.0487. The van der Waals surface area contributed by atoms with Crippen molar-refractivity contribution in [3.63, 3.8) is 0 Å². The van der Waals surface area contributed by atoms with Crippen molar-refractivity contribution in [3.8, 4) is 17.6 Å². The highest BCUT2D eigenvalue weighted by molar-refractivity contribution is 6.06. The molecular formula is C23H13F6NO2. The van der Waals surface area contributed by atoms with E-state index in [-0.39, 0.29) is 11.6 Å². The van der Waals surface area contributed by atoms with Gasteiger partial charge in [0.25, 0.3) is 5.91 Å². The van der Waals surface area contributed by atoms with Crippen LogP contribution in [0.5, 0.6) is 5.75 Å². The van der Waals surface area contributed by atoms with Crippen LogP contribution < -0.4 is 5.32 Å². The van der Waals surface area contributed by atoms with E-state index in [1.807, 2.05) is 5.32 Å². The lowest BCUT2D eigenvalue weighted by Gasteiger charge is -2.15. The molecule has 0 aliphatic carbocycles. The highest BCUT2D eigenvalue weighted by atomic mass is 19.4. The van der Waals surface area contributed by atoms with Crippen LogP contribution in [0.1, 0.15) is 32.6 Å². The van der Waals surface area contributed by atoms with Crippen molar-refractivity contribution in [2.75, 3.05) is 5.32 Å². The number of amides is 1. The van der Waals surface area contributed by atoms with Crippen molar-refractivity contribution in [2.45, 2.75) is 12.4 Å². The van der Waals surface area contributed by atoms with Crippen LogP contribution in [0.15, 0.2) is 66.7 Å². The van der Waals surface area contributed by atoms with Crippen LogP contribution in [-0.2, 0) is 12.4 Å². The Bertz CT molecular complexity index is 1170. The number of alkyl halides is 6. The van der Waals surface area contributed by atoms with Crippen molar-refractivity contribution < 1.29 is 36.2 Å². The van der Waals surface area contributed by atoms with Gasteiger partial charge >= 0.3 is 12.4 Å². The first-order valence-electron chi connectivity index (χ1n) is 8.94. The Balaban J connectivity index is 1.93. The fourth-order valence-corrected chi connectivity index (χ4v) is 2.69. The molecular weight excluding hydrogens is 436 g/mol. The molecule has 0 heterocycles. The van der Waals surface area contributed by atoms with Gasteiger partial charge in [-0.15, -0.1) is 0 Å². The van der Waals surface area contributed by atoms with Crippen LogP contribution in [-0.4, -0.2) is 11.0 Å². The third-order valence-corrected chi connectivity index (χ3v) is 4.21. The molecule has 2 N–H and O–H groups in total. The third kappa shape index (κ3) is 5.60. The van der Waals surface area contributed by atoms with E-state index in [1.165, 1.54) is 12.1 Å². The van der Waals surface area contributed by atoms with Gasteiger partial charge in [-0.25, -0.2) is 0 Å². The highest BCUT2D eigenvalue weighted by Gasteiger charge is 2.37. The molecule has 3 nitrogen and oxygen atoms in total. The Labute approximate surface area is 178 Å². The molecule has 9 heteroatoms. The van der Waals surface area contributed by atoms with E-state index in [2.05, 4.69) is 11.8 Å². The summed E-state index contributed by atoms with van der Waals surface area (Å²) in [6, 6.07) is 13.3. The predicted molar refractivity (Wildman–Crippen MR) is 105 cm³/mol. The van der Waals surface area contributed by atoms with Crippen molar-refractivity contribution in [3.05, 3.63) is 94.5 Å². The Morgan fingerprint density at radius 3 is 1.88 bits per heavy atom. The number of nitrogens with one attached hydrogen (secondary N) is 1. The van der Waals surface area contributed by atoms with Gasteiger partial charge in [-0.05, 0) is 48.5 Å². The molecule has 32 heavy (non-hydrogen) atoms. The summed E-state index contributed by atoms with van der Waals surface area (Å²) in [5.41, 5.74) is -3.26. The molecule has 0 atom stereocenters. The predicted octanol–water partition coefficient (Wildman–Crippen LogP) is 6.08. The molecule has 0 aliphatic heterocycles. The first-order valence-corrected chi connectivity index (χ1v) is 8.94. The molecule has 0 unspecified atom stereocenters. The van der Waals surface area contributed by atoms with Crippen LogP contribution in [0.3, 0.4) is 0 Å². The van der Waals surface area contributed by atoms with Crippen LogP contribution in [0, 0.1) is 11.8 Å². The summed E-state index contributed by atoms with van der Waals surface area (Å²) >= 11 is 0. The van der Waals surface area contributed by atoms with Gasteiger partial charge in [-0.2, -0.15) is 26.3 Å². The zero-order valence-electron chi connectivity index (χ0n) is 16.0. The maximum atomic E-state index is 13.0. The molecule has 3 aromatic carbocycles. The number of hydrogen-bond donors (Lipinski definition) is 2. The minimum Gasteiger partial charge on any atom is -0.507 e. The molecule has 3 aromatic rings. The van der Waals surface area contributed by atoms with E-state index in [4.69, 9.17) is 0 Å². The molecule has 0 saturated carbocycles. The topological polar surface area (TPSA) is 49.3 Å². The van der Waals surface area contributed by atoms with Crippen molar-refractivity contribution >= 4 is 11.6 Å². The lowest BCUT2D eigenvalue weighted by Crippen LogP contribution is -2.16. The van der Waals surface area contributed by atoms with Crippen LogP contribution in [0.2, 0.25) is 0 Å². The summed E-state index contributed by atoms with van der Waals surface area (Å²) < 4.78 is 78.0. The number of phenolic OH excluding ortho intramolecular Hbond substituents is 1. The Morgan fingerprint density at radius 1 is 0.750 bits per heavy atom. The second kappa shape index (κ2) is 8.67. The van der Waals surface area contributed by atoms with Gasteiger partial charge in [0.1, 0.15) is 5.75 Å². The normalized spacial score (nSPS) is 11.4. The van der Waals surface area contributed by atoms with E-state index in [1.54, 1.807) is 30.3 Å². The maximum Gasteiger partial charge on any atom is 0.416 e. The molecule has 0 aliphatic rings. The second-order valence-corrected chi connectivity index (χ2v) is 6.60. The molecule has 0 spiro atoms. The van der Waals surface area contributed by atoms with Crippen molar-refractivity contribution in [1.29, 1.82) is 0 Å². The van der Waals surface area contributed by atoms with Gasteiger partial charge in [0.05, 0.1) is 16.7 Å². The van der Waals surface area contributed by atoms with Crippen LogP contribution in [0.4, 0.5) is 32.0 Å². The summed E-state index contributed by atoms with van der Waals surface area (Å²) in [6.45, 7) is 0. The third-order valence-electron chi connectivity index (χ3n) is 4.21. The fourth-order valence-electron chi connectivity index (χ4n) is 2.69. The van der Waals surface area contributed by atoms with E-state index in [9.17, 15) is 36.2 Å². The molecule has 0 radical (unpaired) electrons. The fraction of sp³-hybridized carbons (Fsp3) is 0.0870. The zero-order valence-corrected chi connectivity index (χ0v) is 16.0. The number of phenols is 1. The van der Waals surface area contributed by atoms with Crippen molar-refractivity contribution in [2.24, 2.45) is 0 Å². The second-order valence-electron chi connectivity index (χ2n) is 6.60.